The summed E-state index contributed by atoms with van der Waals surface area (Å²) in [5.74, 6) is 1.33. The van der Waals surface area contributed by atoms with Crippen LogP contribution in [0.2, 0.25) is 5.02 Å². The minimum atomic E-state index is -0.620. The number of halogens is 1. The van der Waals surface area contributed by atoms with E-state index < -0.39 is 6.04 Å². The van der Waals surface area contributed by atoms with Gasteiger partial charge in [-0.05, 0) is 29.7 Å². The van der Waals surface area contributed by atoms with Crippen molar-refractivity contribution in [3.05, 3.63) is 107 Å². The normalized spacial score (nSPS) is 11.6. The summed E-state index contributed by atoms with van der Waals surface area (Å²) < 4.78 is 0. The van der Waals surface area contributed by atoms with E-state index in [0.717, 1.165) is 16.9 Å². The average molecular weight is 495 g/mol. The van der Waals surface area contributed by atoms with Crippen molar-refractivity contribution in [2.75, 3.05) is 12.3 Å². The Balaban J connectivity index is 1.78. The maximum atomic E-state index is 13.5. The fraction of sp³-hybridized carbons (Fsp3) is 0.286. The molecule has 34 heavy (non-hydrogen) atoms. The predicted molar refractivity (Wildman–Crippen MR) is 142 cm³/mol. The Morgan fingerprint density at radius 1 is 0.912 bits per heavy atom. The van der Waals surface area contributed by atoms with E-state index in [4.69, 9.17) is 11.6 Å². The topological polar surface area (TPSA) is 49.4 Å². The van der Waals surface area contributed by atoms with Crippen molar-refractivity contribution in [3.8, 4) is 0 Å². The lowest BCUT2D eigenvalue weighted by Gasteiger charge is -2.31. The molecule has 6 heteroatoms. The summed E-state index contributed by atoms with van der Waals surface area (Å²) in [5, 5.41) is 3.51. The molecule has 3 aromatic carbocycles. The standard InChI is InChI=1S/C28H31ClN2O2S/c1-2-30-28(33)26(19-22-11-5-3-6-12-22)31(20-24-15-9-10-16-25(24)29)27(32)17-18-34-21-23-13-7-4-8-14-23/h3-16,26H,2,17-21H2,1H3,(H,30,33). The van der Waals surface area contributed by atoms with Crippen LogP contribution in [0.25, 0.3) is 0 Å². The zero-order valence-corrected chi connectivity index (χ0v) is 21.0. The van der Waals surface area contributed by atoms with Crippen molar-refractivity contribution in [2.24, 2.45) is 0 Å². The number of carbonyl (C=O) groups excluding carboxylic acids is 2. The molecule has 0 radical (unpaired) electrons. The second-order valence-corrected chi connectivity index (χ2v) is 9.51. The fourth-order valence-electron chi connectivity index (χ4n) is 3.72. The SMILES string of the molecule is CCNC(=O)C(Cc1ccccc1)N(Cc1ccccc1Cl)C(=O)CCSCc1ccccc1. The first-order chi connectivity index (χ1) is 16.6. The predicted octanol–water partition coefficient (Wildman–Crippen LogP) is 5.74. The number of thioether (sulfide) groups is 1. The van der Waals surface area contributed by atoms with Gasteiger partial charge in [-0.25, -0.2) is 0 Å². The van der Waals surface area contributed by atoms with Gasteiger partial charge < -0.3 is 10.2 Å². The fourth-order valence-corrected chi connectivity index (χ4v) is 4.81. The minimum Gasteiger partial charge on any atom is -0.355 e. The molecule has 0 fully saturated rings. The lowest BCUT2D eigenvalue weighted by Crippen LogP contribution is -2.50. The molecule has 1 atom stereocenters. The minimum absolute atomic E-state index is 0.0485. The van der Waals surface area contributed by atoms with Gasteiger partial charge in [0.15, 0.2) is 0 Å². The molecule has 4 nitrogen and oxygen atoms in total. The molecule has 0 aliphatic rings. The number of nitrogens with one attached hydrogen (secondary N) is 1. The second-order valence-electron chi connectivity index (χ2n) is 8.00. The Bertz CT molecular complexity index is 1050. The van der Waals surface area contributed by atoms with Crippen LogP contribution < -0.4 is 5.32 Å². The molecule has 3 aromatic rings. The van der Waals surface area contributed by atoms with Gasteiger partial charge in [-0.15, -0.1) is 0 Å². The highest BCUT2D eigenvalue weighted by Crippen LogP contribution is 2.22. The van der Waals surface area contributed by atoms with Gasteiger partial charge >= 0.3 is 0 Å². The number of likely N-dealkylation sites (N-methyl/N-ethyl adjacent to an activating group) is 1. The molecule has 1 unspecified atom stereocenters. The molecular weight excluding hydrogens is 464 g/mol. The third-order valence-electron chi connectivity index (χ3n) is 5.49. The summed E-state index contributed by atoms with van der Waals surface area (Å²) in [4.78, 5) is 28.3. The van der Waals surface area contributed by atoms with Gasteiger partial charge in [0.05, 0.1) is 0 Å². The van der Waals surface area contributed by atoms with Crippen molar-refractivity contribution in [1.29, 1.82) is 0 Å². The molecule has 0 spiro atoms. The molecule has 0 aromatic heterocycles. The Kier molecular flexibility index (Phi) is 10.5. The highest BCUT2D eigenvalue weighted by Gasteiger charge is 2.30. The van der Waals surface area contributed by atoms with E-state index in [0.29, 0.717) is 30.2 Å². The Hall–Kier alpha value is -2.76. The third kappa shape index (κ3) is 7.93. The molecule has 0 aliphatic heterocycles. The zero-order chi connectivity index (χ0) is 24.2. The summed E-state index contributed by atoms with van der Waals surface area (Å²) in [6, 6.07) is 26.9. The number of amides is 2. The van der Waals surface area contributed by atoms with Crippen molar-refractivity contribution >= 4 is 35.2 Å². The van der Waals surface area contributed by atoms with Crippen molar-refractivity contribution < 1.29 is 9.59 Å². The molecule has 0 aliphatic carbocycles. The number of nitrogens with zero attached hydrogens (tertiary/aromatic N) is 1. The number of carbonyl (C=O) groups is 2. The molecule has 3 rings (SSSR count). The maximum absolute atomic E-state index is 13.5. The monoisotopic (exact) mass is 494 g/mol. The van der Waals surface area contributed by atoms with E-state index in [1.807, 2.05) is 79.7 Å². The van der Waals surface area contributed by atoms with Gasteiger partial charge in [-0.2, -0.15) is 11.8 Å². The maximum Gasteiger partial charge on any atom is 0.243 e. The summed E-state index contributed by atoms with van der Waals surface area (Å²) in [6.45, 7) is 2.68. The summed E-state index contributed by atoms with van der Waals surface area (Å²) in [6.07, 6.45) is 0.798. The third-order valence-corrected chi connectivity index (χ3v) is 6.89. The van der Waals surface area contributed by atoms with E-state index in [1.165, 1.54) is 5.56 Å². The average Bonchev–Trinajstić information content (AvgIpc) is 2.86. The van der Waals surface area contributed by atoms with Crippen molar-refractivity contribution in [2.45, 2.75) is 38.1 Å². The quantitative estimate of drug-likeness (QED) is 0.327. The second kappa shape index (κ2) is 13.8. The van der Waals surface area contributed by atoms with Crippen LogP contribution in [0.1, 0.15) is 30.0 Å². The van der Waals surface area contributed by atoms with E-state index >= 15 is 0 Å². The molecular formula is C28H31ClN2O2S. The van der Waals surface area contributed by atoms with E-state index in [-0.39, 0.29) is 18.4 Å². The highest BCUT2D eigenvalue weighted by molar-refractivity contribution is 7.98. The summed E-state index contributed by atoms with van der Waals surface area (Å²) in [7, 11) is 0. The molecule has 0 saturated heterocycles. The molecule has 0 heterocycles. The van der Waals surface area contributed by atoms with Gasteiger partial charge in [0.25, 0.3) is 0 Å². The first-order valence-electron chi connectivity index (χ1n) is 11.5. The van der Waals surface area contributed by atoms with Gasteiger partial charge in [0.2, 0.25) is 11.8 Å². The Labute approximate surface area is 211 Å². The van der Waals surface area contributed by atoms with Gasteiger partial charge in [-0.1, -0.05) is 90.5 Å². The van der Waals surface area contributed by atoms with Crippen LogP contribution in [0, 0.1) is 0 Å². The summed E-state index contributed by atoms with van der Waals surface area (Å²) >= 11 is 8.15. The first kappa shape index (κ1) is 25.9. The van der Waals surface area contributed by atoms with Crippen LogP contribution in [0.4, 0.5) is 0 Å². The van der Waals surface area contributed by atoms with Gasteiger partial charge in [0, 0.05) is 42.5 Å². The van der Waals surface area contributed by atoms with Crippen LogP contribution in [-0.2, 0) is 28.3 Å². The van der Waals surface area contributed by atoms with E-state index in [2.05, 4.69) is 17.4 Å². The zero-order valence-electron chi connectivity index (χ0n) is 19.5. The van der Waals surface area contributed by atoms with E-state index in [9.17, 15) is 9.59 Å². The molecule has 2 amide bonds. The number of benzene rings is 3. The van der Waals surface area contributed by atoms with Crippen molar-refractivity contribution in [3.63, 3.8) is 0 Å². The van der Waals surface area contributed by atoms with Gasteiger partial charge in [-0.3, -0.25) is 9.59 Å². The van der Waals surface area contributed by atoms with Crippen LogP contribution in [0.5, 0.6) is 0 Å². The highest BCUT2D eigenvalue weighted by atomic mass is 35.5. The molecule has 178 valence electrons. The first-order valence-corrected chi connectivity index (χ1v) is 13.1. The lowest BCUT2D eigenvalue weighted by molar-refractivity contribution is -0.140. The van der Waals surface area contributed by atoms with Crippen LogP contribution in [0.15, 0.2) is 84.9 Å². The van der Waals surface area contributed by atoms with Crippen LogP contribution in [-0.4, -0.2) is 35.1 Å². The number of rotatable bonds is 12. The van der Waals surface area contributed by atoms with E-state index in [1.54, 1.807) is 16.7 Å². The lowest BCUT2D eigenvalue weighted by atomic mass is 10.0. The number of hydrogen-bond donors (Lipinski definition) is 1. The number of hydrogen-bond acceptors (Lipinski definition) is 3. The summed E-state index contributed by atoms with van der Waals surface area (Å²) in [5.41, 5.74) is 3.07. The smallest absolute Gasteiger partial charge is 0.243 e. The molecule has 0 saturated carbocycles. The molecule has 0 bridgehead atoms. The Morgan fingerprint density at radius 2 is 1.53 bits per heavy atom. The van der Waals surface area contributed by atoms with Crippen molar-refractivity contribution in [1.82, 2.24) is 10.2 Å². The molecule has 1 N–H and O–H groups in total. The largest absolute Gasteiger partial charge is 0.355 e. The van der Waals surface area contributed by atoms with Crippen LogP contribution in [0.3, 0.4) is 0 Å². The van der Waals surface area contributed by atoms with Gasteiger partial charge in [0.1, 0.15) is 6.04 Å². The van der Waals surface area contributed by atoms with Crippen LogP contribution >= 0.6 is 23.4 Å². The Morgan fingerprint density at radius 3 is 2.18 bits per heavy atom.